The number of carbonyl (C=O) groups excluding carboxylic acids is 1. The summed E-state index contributed by atoms with van der Waals surface area (Å²) < 4.78 is 19.7. The highest BCUT2D eigenvalue weighted by molar-refractivity contribution is 7.91. The van der Waals surface area contributed by atoms with Crippen LogP contribution in [0.3, 0.4) is 0 Å². The van der Waals surface area contributed by atoms with Crippen molar-refractivity contribution in [1.82, 2.24) is 8.87 Å². The lowest BCUT2D eigenvalue weighted by atomic mass is 10.2. The smallest absolute Gasteiger partial charge is 0.410 e. The molecule has 0 saturated carbocycles. The van der Waals surface area contributed by atoms with E-state index in [1.807, 2.05) is 41.5 Å². The topological polar surface area (TPSA) is 55.8 Å². The second-order valence-electron chi connectivity index (χ2n) is 7.28. The lowest BCUT2D eigenvalue weighted by Gasteiger charge is -2.42. The normalized spacial score (nSPS) is 23.6. The molecular formula is C13H28N2O3SSi. The van der Waals surface area contributed by atoms with Crippen molar-refractivity contribution in [2.45, 2.75) is 58.4 Å². The molecule has 0 radical (unpaired) electrons. The van der Waals surface area contributed by atoms with Gasteiger partial charge < -0.3 is 14.2 Å². The number of hydrogen-bond donors (Lipinski definition) is 0. The molecule has 0 aromatic heterocycles. The zero-order valence-electron chi connectivity index (χ0n) is 13.7. The third-order valence-electron chi connectivity index (χ3n) is 2.96. The summed E-state index contributed by atoms with van der Waals surface area (Å²) in [5.41, 5.74) is -0.465. The Kier molecular flexibility index (Phi) is 5.57. The van der Waals surface area contributed by atoms with Gasteiger partial charge in [-0.2, -0.15) is 3.97 Å². The van der Waals surface area contributed by atoms with Crippen LogP contribution in [-0.2, 0) is 16.1 Å². The maximum absolute atomic E-state index is 12.5. The van der Waals surface area contributed by atoms with E-state index in [-0.39, 0.29) is 10.8 Å². The van der Waals surface area contributed by atoms with Gasteiger partial charge in [0.1, 0.15) is 10.3 Å². The lowest BCUT2D eigenvalue weighted by Crippen LogP contribution is -2.61. The highest BCUT2D eigenvalue weighted by Gasteiger charge is 2.41. The first-order chi connectivity index (χ1) is 8.92. The molecule has 1 unspecified atom stereocenters. The molecule has 0 bridgehead atoms. The summed E-state index contributed by atoms with van der Waals surface area (Å²) in [6.07, 6.45) is 0.439. The molecule has 0 aromatic carbocycles. The lowest BCUT2D eigenvalue weighted by molar-refractivity contribution is 0.0263. The molecule has 20 heavy (non-hydrogen) atoms. The van der Waals surface area contributed by atoms with Gasteiger partial charge in [-0.1, -0.05) is 6.55 Å². The van der Waals surface area contributed by atoms with Crippen LogP contribution in [0.5, 0.6) is 0 Å². The van der Waals surface area contributed by atoms with Gasteiger partial charge in [0.15, 0.2) is 8.96 Å². The van der Waals surface area contributed by atoms with Crippen molar-refractivity contribution >= 4 is 26.4 Å². The van der Waals surface area contributed by atoms with Crippen molar-refractivity contribution in [3.05, 3.63) is 0 Å². The quantitative estimate of drug-likeness (QED) is 0.547. The van der Waals surface area contributed by atoms with Crippen molar-refractivity contribution in [1.29, 1.82) is 0 Å². The summed E-state index contributed by atoms with van der Waals surface area (Å²) in [5.74, 6) is 0. The van der Waals surface area contributed by atoms with Crippen LogP contribution in [-0.4, -0.2) is 58.1 Å². The zero-order chi connectivity index (χ0) is 15.7. The number of carbonyl (C=O) groups is 1. The van der Waals surface area contributed by atoms with E-state index in [1.54, 1.807) is 4.90 Å². The van der Waals surface area contributed by atoms with Gasteiger partial charge in [-0.05, 0) is 41.5 Å². The maximum Gasteiger partial charge on any atom is 0.410 e. The fourth-order valence-corrected chi connectivity index (χ4v) is 7.15. The largest absolute Gasteiger partial charge is 0.598 e. The number of nitrogens with zero attached hydrogens (tertiary/aromatic N) is 2. The van der Waals surface area contributed by atoms with Crippen molar-refractivity contribution in [3.63, 3.8) is 0 Å². The highest BCUT2D eigenvalue weighted by atomic mass is 32.2. The van der Waals surface area contributed by atoms with Crippen LogP contribution in [0.15, 0.2) is 0 Å². The van der Waals surface area contributed by atoms with Crippen molar-refractivity contribution in [2.75, 3.05) is 19.3 Å². The van der Waals surface area contributed by atoms with E-state index >= 15 is 0 Å². The third kappa shape index (κ3) is 4.94. The minimum atomic E-state index is -1.39. The molecule has 0 spiro atoms. The first-order valence-electron chi connectivity index (χ1n) is 7.08. The van der Waals surface area contributed by atoms with Gasteiger partial charge in [0.2, 0.25) is 0 Å². The number of amides is 1. The molecule has 2 atom stereocenters. The van der Waals surface area contributed by atoms with Gasteiger partial charge in [-0.15, -0.1) is 0 Å². The molecular weight excluding hydrogens is 292 g/mol. The standard InChI is InChI=1S/C13H28N2O3SSi/c1-12(2,3)18-11(16)14-8-9-15(20(7)10-14)19(17)13(4,5)6/h20H,8-10H2,1-7H3/t19?,20-/m0/s1. The van der Waals surface area contributed by atoms with E-state index in [0.717, 1.165) is 0 Å². The molecule has 1 aliphatic rings. The molecule has 1 amide bonds. The Morgan fingerprint density at radius 2 is 1.75 bits per heavy atom. The summed E-state index contributed by atoms with van der Waals surface area (Å²) >= 11 is -0.985. The summed E-state index contributed by atoms with van der Waals surface area (Å²) in [4.78, 5) is 13.8. The van der Waals surface area contributed by atoms with Gasteiger partial charge in [-0.25, -0.2) is 4.79 Å². The molecule has 1 aliphatic heterocycles. The van der Waals surface area contributed by atoms with Crippen LogP contribution in [0, 0.1) is 0 Å². The van der Waals surface area contributed by atoms with Crippen molar-refractivity contribution in [2.24, 2.45) is 0 Å². The van der Waals surface area contributed by atoms with E-state index < -0.39 is 25.9 Å². The molecule has 1 saturated heterocycles. The Bertz CT molecular complexity index is 355. The Morgan fingerprint density at radius 1 is 1.20 bits per heavy atom. The minimum Gasteiger partial charge on any atom is -0.598 e. The Balaban J connectivity index is 2.62. The average molecular weight is 321 g/mol. The molecule has 0 aliphatic carbocycles. The third-order valence-corrected chi connectivity index (χ3v) is 8.48. The molecule has 0 N–H and O–H groups in total. The average Bonchev–Trinajstić information content (AvgIpc) is 2.24. The van der Waals surface area contributed by atoms with E-state index in [1.165, 1.54) is 0 Å². The van der Waals surface area contributed by atoms with Crippen LogP contribution in [0.2, 0.25) is 6.55 Å². The molecule has 1 rings (SSSR count). The molecule has 7 heteroatoms. The van der Waals surface area contributed by atoms with Crippen molar-refractivity contribution in [3.8, 4) is 0 Å². The first-order valence-corrected chi connectivity index (χ1v) is 10.7. The van der Waals surface area contributed by atoms with Crippen LogP contribution in [0.4, 0.5) is 4.79 Å². The summed E-state index contributed by atoms with van der Waals surface area (Å²) in [6.45, 7) is 15.0. The van der Waals surface area contributed by atoms with Crippen LogP contribution >= 0.6 is 0 Å². The van der Waals surface area contributed by atoms with E-state index in [2.05, 4.69) is 10.5 Å². The maximum atomic E-state index is 12.5. The van der Waals surface area contributed by atoms with E-state index in [4.69, 9.17) is 4.74 Å². The van der Waals surface area contributed by atoms with Gasteiger partial charge in [-0.3, -0.25) is 0 Å². The molecule has 1 fully saturated rings. The fourth-order valence-electron chi connectivity index (χ4n) is 2.03. The summed E-state index contributed by atoms with van der Waals surface area (Å²) in [5, 5.41) is 0. The second-order valence-corrected chi connectivity index (χ2v) is 12.5. The predicted octanol–water partition coefficient (Wildman–Crippen LogP) is 1.89. The van der Waals surface area contributed by atoms with Crippen LogP contribution in [0.1, 0.15) is 41.5 Å². The molecule has 0 aromatic rings. The highest BCUT2D eigenvalue weighted by Crippen LogP contribution is 2.24. The van der Waals surface area contributed by atoms with Crippen molar-refractivity contribution < 1.29 is 14.1 Å². The van der Waals surface area contributed by atoms with E-state index in [9.17, 15) is 9.35 Å². The number of ether oxygens (including phenoxy) is 1. The summed E-state index contributed by atoms with van der Waals surface area (Å²) in [7, 11) is -1.39. The SMILES string of the molecule is C[Si@H]1CN(C(=O)OC(C)(C)C)CCN1[S+]([O-])C(C)(C)C. The monoisotopic (exact) mass is 320 g/mol. The number of rotatable bonds is 1. The molecule has 1 heterocycles. The van der Waals surface area contributed by atoms with Gasteiger partial charge in [0, 0.05) is 24.1 Å². The predicted molar refractivity (Wildman–Crippen MR) is 85.4 cm³/mol. The minimum absolute atomic E-state index is 0.241. The first kappa shape index (κ1) is 17.8. The zero-order valence-corrected chi connectivity index (χ0v) is 15.7. The van der Waals surface area contributed by atoms with Gasteiger partial charge in [0.05, 0.1) is 6.54 Å². The van der Waals surface area contributed by atoms with Crippen LogP contribution in [0.25, 0.3) is 0 Å². The molecule has 5 nitrogen and oxygen atoms in total. The van der Waals surface area contributed by atoms with Gasteiger partial charge >= 0.3 is 6.09 Å². The van der Waals surface area contributed by atoms with E-state index in [0.29, 0.717) is 19.3 Å². The Hall–Kier alpha value is -0.243. The second kappa shape index (κ2) is 6.25. The van der Waals surface area contributed by atoms with Crippen LogP contribution < -0.4 is 0 Å². The molecule has 118 valence electrons. The van der Waals surface area contributed by atoms with Gasteiger partial charge in [0.25, 0.3) is 0 Å². The Labute approximate surface area is 127 Å². The Morgan fingerprint density at radius 3 is 2.15 bits per heavy atom. The number of hydrogen-bond acceptors (Lipinski definition) is 4. The fraction of sp³-hybridized carbons (Fsp3) is 0.923. The summed E-state index contributed by atoms with van der Waals surface area (Å²) in [6, 6.07) is 0.